The Balaban J connectivity index is 2.04. The number of carbonyl (C=O) groups excluding carboxylic acids is 1. The Morgan fingerprint density at radius 3 is 2.74 bits per heavy atom. The lowest BCUT2D eigenvalue weighted by molar-refractivity contribution is -0.111. The van der Waals surface area contributed by atoms with Crippen LogP contribution < -0.4 is 10.1 Å². The van der Waals surface area contributed by atoms with Gasteiger partial charge >= 0.3 is 0 Å². The lowest BCUT2D eigenvalue weighted by Gasteiger charge is -2.03. The lowest BCUT2D eigenvalue weighted by atomic mass is 10.2. The number of nitrogens with zero attached hydrogens (tertiary/aromatic N) is 1. The molecule has 0 radical (unpaired) electrons. The van der Waals surface area contributed by atoms with E-state index in [9.17, 15) is 4.79 Å². The minimum atomic E-state index is -0.232. The van der Waals surface area contributed by atoms with E-state index in [0.717, 1.165) is 11.3 Å². The highest BCUT2D eigenvalue weighted by Crippen LogP contribution is 2.18. The Hall–Kier alpha value is -2.62. The van der Waals surface area contributed by atoms with Crippen LogP contribution in [0.1, 0.15) is 5.56 Å². The largest absolute Gasteiger partial charge is 0.496 e. The number of rotatable bonds is 4. The van der Waals surface area contributed by atoms with Crippen molar-refractivity contribution in [2.24, 2.45) is 0 Å². The molecule has 1 heterocycles. The normalized spacial score (nSPS) is 10.4. The van der Waals surface area contributed by atoms with Crippen LogP contribution in [0.5, 0.6) is 5.75 Å². The number of nitrogens with one attached hydrogen (secondary N) is 1. The van der Waals surface area contributed by atoms with Crippen molar-refractivity contribution in [2.75, 3.05) is 12.4 Å². The van der Waals surface area contributed by atoms with E-state index in [-0.39, 0.29) is 5.91 Å². The van der Waals surface area contributed by atoms with E-state index in [2.05, 4.69) is 10.3 Å². The number of amides is 1. The zero-order chi connectivity index (χ0) is 13.5. The first kappa shape index (κ1) is 12.8. The van der Waals surface area contributed by atoms with E-state index in [1.165, 1.54) is 6.08 Å². The van der Waals surface area contributed by atoms with Gasteiger partial charge in [0.25, 0.3) is 0 Å². The number of ether oxygens (including phenoxy) is 1. The number of benzene rings is 1. The van der Waals surface area contributed by atoms with E-state index < -0.39 is 0 Å². The summed E-state index contributed by atoms with van der Waals surface area (Å²) in [5.41, 5.74) is 0.848. The van der Waals surface area contributed by atoms with Crippen LogP contribution in [0.2, 0.25) is 0 Å². The molecule has 0 unspecified atom stereocenters. The van der Waals surface area contributed by atoms with Gasteiger partial charge in [-0.05, 0) is 24.3 Å². The fraction of sp³-hybridized carbons (Fsp3) is 0.0667. The molecule has 0 spiro atoms. The second-order valence-corrected chi connectivity index (χ2v) is 3.78. The average molecular weight is 254 g/mol. The summed E-state index contributed by atoms with van der Waals surface area (Å²) in [5, 5.41) is 2.67. The van der Waals surface area contributed by atoms with E-state index in [1.54, 1.807) is 31.5 Å². The minimum Gasteiger partial charge on any atom is -0.496 e. The van der Waals surface area contributed by atoms with Gasteiger partial charge in [0.15, 0.2) is 0 Å². The summed E-state index contributed by atoms with van der Waals surface area (Å²) in [4.78, 5) is 15.7. The zero-order valence-corrected chi connectivity index (χ0v) is 10.5. The van der Waals surface area contributed by atoms with Crippen molar-refractivity contribution in [3.05, 3.63) is 60.3 Å². The molecule has 2 rings (SSSR count). The molecule has 2 aromatic rings. The van der Waals surface area contributed by atoms with Crippen LogP contribution in [0.4, 0.5) is 5.82 Å². The highest BCUT2D eigenvalue weighted by atomic mass is 16.5. The first-order valence-corrected chi connectivity index (χ1v) is 5.83. The van der Waals surface area contributed by atoms with Gasteiger partial charge in [0, 0.05) is 17.8 Å². The van der Waals surface area contributed by atoms with Crippen molar-refractivity contribution in [1.29, 1.82) is 0 Å². The fourth-order valence-electron chi connectivity index (χ4n) is 1.57. The van der Waals surface area contributed by atoms with E-state index in [4.69, 9.17) is 4.74 Å². The first-order chi connectivity index (χ1) is 9.29. The maximum Gasteiger partial charge on any atom is 0.249 e. The molecule has 96 valence electrons. The third-order valence-corrected chi connectivity index (χ3v) is 2.47. The van der Waals surface area contributed by atoms with E-state index >= 15 is 0 Å². The SMILES string of the molecule is COc1ccccc1/C=C/C(=O)Nc1ccccn1. The number of aromatic nitrogens is 1. The average Bonchev–Trinajstić information content (AvgIpc) is 2.46. The highest BCUT2D eigenvalue weighted by molar-refractivity contribution is 6.01. The monoisotopic (exact) mass is 254 g/mol. The molecule has 19 heavy (non-hydrogen) atoms. The lowest BCUT2D eigenvalue weighted by Crippen LogP contribution is -2.08. The summed E-state index contributed by atoms with van der Waals surface area (Å²) in [7, 11) is 1.60. The molecule has 1 N–H and O–H groups in total. The highest BCUT2D eigenvalue weighted by Gasteiger charge is 2.00. The molecule has 0 aliphatic carbocycles. The minimum absolute atomic E-state index is 0.232. The Kier molecular flexibility index (Phi) is 4.29. The van der Waals surface area contributed by atoms with Crippen molar-refractivity contribution in [2.45, 2.75) is 0 Å². The second-order valence-electron chi connectivity index (χ2n) is 3.78. The van der Waals surface area contributed by atoms with Crippen LogP contribution in [0.25, 0.3) is 6.08 Å². The Morgan fingerprint density at radius 2 is 2.00 bits per heavy atom. The van der Waals surface area contributed by atoms with Gasteiger partial charge < -0.3 is 10.1 Å². The van der Waals surface area contributed by atoms with Crippen molar-refractivity contribution in [3.8, 4) is 5.75 Å². The van der Waals surface area contributed by atoms with E-state index in [1.807, 2.05) is 30.3 Å². The summed E-state index contributed by atoms with van der Waals surface area (Å²) in [6, 6.07) is 12.8. The van der Waals surface area contributed by atoms with Gasteiger partial charge in [0.05, 0.1) is 7.11 Å². The number of pyridine rings is 1. The van der Waals surface area contributed by atoms with Crippen molar-refractivity contribution in [3.63, 3.8) is 0 Å². The van der Waals surface area contributed by atoms with Crippen molar-refractivity contribution >= 4 is 17.8 Å². The van der Waals surface area contributed by atoms with Gasteiger partial charge in [0.1, 0.15) is 11.6 Å². The smallest absolute Gasteiger partial charge is 0.249 e. The summed E-state index contributed by atoms with van der Waals surface area (Å²) in [6.45, 7) is 0. The molecule has 0 saturated carbocycles. The standard InChI is InChI=1S/C15H14N2O2/c1-19-13-7-3-2-6-12(13)9-10-15(18)17-14-8-4-5-11-16-14/h2-11H,1H3,(H,16,17,18)/b10-9+. The molecule has 0 aliphatic heterocycles. The predicted molar refractivity (Wildman–Crippen MR) is 74.9 cm³/mol. The number of anilines is 1. The predicted octanol–water partition coefficient (Wildman–Crippen LogP) is 2.74. The molecule has 0 fully saturated rings. The maximum absolute atomic E-state index is 11.7. The van der Waals surface area contributed by atoms with Gasteiger partial charge in [0.2, 0.25) is 5.91 Å². The number of carbonyl (C=O) groups is 1. The zero-order valence-electron chi connectivity index (χ0n) is 10.5. The number of methoxy groups -OCH3 is 1. The van der Waals surface area contributed by atoms with Crippen LogP contribution in [-0.4, -0.2) is 18.0 Å². The molecule has 0 saturated heterocycles. The third kappa shape index (κ3) is 3.67. The molecule has 4 nitrogen and oxygen atoms in total. The quantitative estimate of drug-likeness (QED) is 0.853. The molecule has 1 aromatic carbocycles. The molecule has 4 heteroatoms. The Labute approximate surface area is 111 Å². The van der Waals surface area contributed by atoms with Crippen LogP contribution >= 0.6 is 0 Å². The maximum atomic E-state index is 11.7. The first-order valence-electron chi connectivity index (χ1n) is 5.83. The van der Waals surface area contributed by atoms with E-state index in [0.29, 0.717) is 5.82 Å². The molecular formula is C15H14N2O2. The Morgan fingerprint density at radius 1 is 1.21 bits per heavy atom. The molecule has 0 bridgehead atoms. The summed E-state index contributed by atoms with van der Waals surface area (Å²) >= 11 is 0. The van der Waals surface area contributed by atoms with Gasteiger partial charge in [-0.25, -0.2) is 4.98 Å². The van der Waals surface area contributed by atoms with Crippen LogP contribution in [-0.2, 0) is 4.79 Å². The fourth-order valence-corrected chi connectivity index (χ4v) is 1.57. The number of hydrogen-bond acceptors (Lipinski definition) is 3. The number of para-hydroxylation sites is 1. The van der Waals surface area contributed by atoms with Crippen LogP contribution in [0.3, 0.4) is 0 Å². The molecule has 0 atom stereocenters. The summed E-state index contributed by atoms with van der Waals surface area (Å²) in [6.07, 6.45) is 4.78. The molecular weight excluding hydrogens is 240 g/mol. The topological polar surface area (TPSA) is 51.2 Å². The van der Waals surface area contributed by atoms with Crippen LogP contribution in [0, 0.1) is 0 Å². The van der Waals surface area contributed by atoms with Crippen molar-refractivity contribution in [1.82, 2.24) is 4.98 Å². The van der Waals surface area contributed by atoms with Crippen LogP contribution in [0.15, 0.2) is 54.7 Å². The summed E-state index contributed by atoms with van der Waals surface area (Å²) in [5.74, 6) is 1.02. The van der Waals surface area contributed by atoms with Crippen molar-refractivity contribution < 1.29 is 9.53 Å². The van der Waals surface area contributed by atoms with Gasteiger partial charge in [-0.2, -0.15) is 0 Å². The Bertz CT molecular complexity index is 580. The molecule has 1 amide bonds. The van der Waals surface area contributed by atoms with Gasteiger partial charge in [-0.15, -0.1) is 0 Å². The number of hydrogen-bond donors (Lipinski definition) is 1. The third-order valence-electron chi connectivity index (χ3n) is 2.47. The van der Waals surface area contributed by atoms with Gasteiger partial charge in [-0.3, -0.25) is 4.79 Å². The second kappa shape index (κ2) is 6.35. The van der Waals surface area contributed by atoms with Gasteiger partial charge in [-0.1, -0.05) is 24.3 Å². The summed E-state index contributed by atoms with van der Waals surface area (Å²) < 4.78 is 5.20. The molecule has 0 aliphatic rings. The molecule has 1 aromatic heterocycles.